The minimum Gasteiger partial charge on any atom is -0.489 e. The van der Waals surface area contributed by atoms with Gasteiger partial charge in [-0.2, -0.15) is 0 Å². The molecule has 0 radical (unpaired) electrons. The number of amides is 1. The predicted molar refractivity (Wildman–Crippen MR) is 138 cm³/mol. The molecule has 4 rings (SSSR count). The molecule has 1 saturated carbocycles. The number of carbonyl (C=O) groups is 2. The van der Waals surface area contributed by atoms with Crippen LogP contribution in [0.25, 0.3) is 6.08 Å². The Bertz CT molecular complexity index is 1150. The van der Waals surface area contributed by atoms with Crippen LogP contribution in [0.1, 0.15) is 48.8 Å². The molecular formula is C30H31NO4. The number of ether oxygens (including phenoxy) is 1. The average molecular weight is 470 g/mol. The monoisotopic (exact) mass is 469 g/mol. The molecule has 5 heteroatoms. The van der Waals surface area contributed by atoms with Gasteiger partial charge in [0.15, 0.2) is 0 Å². The summed E-state index contributed by atoms with van der Waals surface area (Å²) in [5.41, 5.74) is 3.62. The lowest BCUT2D eigenvalue weighted by molar-refractivity contribution is -0.131. The zero-order valence-electron chi connectivity index (χ0n) is 19.8. The summed E-state index contributed by atoms with van der Waals surface area (Å²) < 4.78 is 5.84. The van der Waals surface area contributed by atoms with Gasteiger partial charge in [0.2, 0.25) is 5.91 Å². The van der Waals surface area contributed by atoms with Crippen LogP contribution in [0.15, 0.2) is 84.9 Å². The lowest BCUT2D eigenvalue weighted by atomic mass is 9.88. The van der Waals surface area contributed by atoms with Crippen molar-refractivity contribution in [1.29, 1.82) is 0 Å². The Balaban J connectivity index is 1.52. The van der Waals surface area contributed by atoms with Gasteiger partial charge < -0.3 is 14.7 Å². The SMILES string of the molecule is O=C(O)C=Cc1cccc(N(Cc2ccc(COc3ccccc3)cc2)C(=O)C2CCCCC2)c1. The van der Waals surface area contributed by atoms with Crippen molar-refractivity contribution < 1.29 is 19.4 Å². The van der Waals surface area contributed by atoms with Gasteiger partial charge in [0.05, 0.1) is 6.54 Å². The van der Waals surface area contributed by atoms with Gasteiger partial charge in [-0.05, 0) is 59.9 Å². The van der Waals surface area contributed by atoms with Crippen molar-refractivity contribution in [3.05, 3.63) is 102 Å². The summed E-state index contributed by atoms with van der Waals surface area (Å²) in [6.07, 6.45) is 7.86. The van der Waals surface area contributed by atoms with Gasteiger partial charge in [-0.3, -0.25) is 4.79 Å². The maximum atomic E-state index is 13.6. The second-order valence-corrected chi connectivity index (χ2v) is 8.94. The molecule has 0 aromatic heterocycles. The summed E-state index contributed by atoms with van der Waals surface area (Å²) in [6.45, 7) is 0.939. The van der Waals surface area contributed by atoms with Crippen LogP contribution in [0, 0.1) is 5.92 Å². The van der Waals surface area contributed by atoms with Gasteiger partial charge >= 0.3 is 5.97 Å². The van der Waals surface area contributed by atoms with Crippen molar-refractivity contribution in [2.45, 2.75) is 45.3 Å². The van der Waals surface area contributed by atoms with E-state index < -0.39 is 5.97 Å². The van der Waals surface area contributed by atoms with Crippen molar-refractivity contribution in [3.8, 4) is 5.75 Å². The van der Waals surface area contributed by atoms with E-state index in [4.69, 9.17) is 9.84 Å². The van der Waals surface area contributed by atoms with Gasteiger partial charge in [-0.25, -0.2) is 4.79 Å². The van der Waals surface area contributed by atoms with Crippen molar-refractivity contribution >= 4 is 23.6 Å². The van der Waals surface area contributed by atoms with Crippen molar-refractivity contribution in [1.82, 2.24) is 0 Å². The first-order valence-corrected chi connectivity index (χ1v) is 12.2. The van der Waals surface area contributed by atoms with Crippen LogP contribution in [0.2, 0.25) is 0 Å². The first-order valence-electron chi connectivity index (χ1n) is 12.2. The van der Waals surface area contributed by atoms with Crippen molar-refractivity contribution in [2.75, 3.05) is 4.90 Å². The van der Waals surface area contributed by atoms with Crippen LogP contribution >= 0.6 is 0 Å². The number of nitrogens with zero attached hydrogens (tertiary/aromatic N) is 1. The highest BCUT2D eigenvalue weighted by Crippen LogP contribution is 2.29. The molecule has 0 spiro atoms. The normalized spacial score (nSPS) is 14.1. The maximum Gasteiger partial charge on any atom is 0.328 e. The third-order valence-corrected chi connectivity index (χ3v) is 6.33. The molecule has 5 nitrogen and oxygen atoms in total. The van der Waals surface area contributed by atoms with Crippen LogP contribution in [-0.4, -0.2) is 17.0 Å². The highest BCUT2D eigenvalue weighted by molar-refractivity contribution is 5.95. The van der Waals surface area contributed by atoms with E-state index in [1.807, 2.05) is 83.8 Å². The molecule has 1 aliphatic carbocycles. The highest BCUT2D eigenvalue weighted by atomic mass is 16.5. The Kier molecular flexibility index (Phi) is 8.34. The maximum absolute atomic E-state index is 13.6. The molecule has 0 unspecified atom stereocenters. The number of anilines is 1. The van der Waals surface area contributed by atoms with Crippen LogP contribution in [0.3, 0.4) is 0 Å². The van der Waals surface area contributed by atoms with E-state index in [1.165, 1.54) is 6.42 Å². The summed E-state index contributed by atoms with van der Waals surface area (Å²) in [6, 6.07) is 25.4. The molecule has 0 atom stereocenters. The number of benzene rings is 3. The fourth-order valence-electron chi connectivity index (χ4n) is 4.44. The van der Waals surface area contributed by atoms with E-state index >= 15 is 0 Å². The molecule has 1 fully saturated rings. The second-order valence-electron chi connectivity index (χ2n) is 8.94. The molecule has 0 aliphatic heterocycles. The lowest BCUT2D eigenvalue weighted by Gasteiger charge is -2.30. The van der Waals surface area contributed by atoms with Crippen molar-refractivity contribution in [2.24, 2.45) is 5.92 Å². The predicted octanol–water partition coefficient (Wildman–Crippen LogP) is 6.48. The number of carboxylic acids is 1. The van der Waals surface area contributed by atoms with Crippen LogP contribution in [0.5, 0.6) is 5.75 Å². The molecule has 0 heterocycles. The highest BCUT2D eigenvalue weighted by Gasteiger charge is 2.27. The topological polar surface area (TPSA) is 66.8 Å². The molecule has 0 bridgehead atoms. The molecule has 1 aliphatic rings. The van der Waals surface area contributed by atoms with Crippen molar-refractivity contribution in [3.63, 3.8) is 0 Å². The van der Waals surface area contributed by atoms with E-state index in [-0.39, 0.29) is 11.8 Å². The fourth-order valence-corrected chi connectivity index (χ4v) is 4.44. The molecule has 1 N–H and O–H groups in total. The zero-order valence-corrected chi connectivity index (χ0v) is 19.8. The Morgan fingerprint density at radius 1 is 0.886 bits per heavy atom. The summed E-state index contributed by atoms with van der Waals surface area (Å²) >= 11 is 0. The summed E-state index contributed by atoms with van der Waals surface area (Å²) in [5, 5.41) is 8.97. The van der Waals surface area contributed by atoms with Crippen LogP contribution < -0.4 is 9.64 Å². The molecule has 1 amide bonds. The van der Waals surface area contributed by atoms with Gasteiger partial charge in [0.1, 0.15) is 12.4 Å². The zero-order chi connectivity index (χ0) is 24.5. The number of aliphatic carboxylic acids is 1. The van der Waals surface area contributed by atoms with E-state index in [1.54, 1.807) is 6.08 Å². The van der Waals surface area contributed by atoms with Gasteiger partial charge in [-0.15, -0.1) is 0 Å². The average Bonchev–Trinajstić information content (AvgIpc) is 2.91. The standard InChI is InChI=1S/C30H31NO4/c32-29(33)19-18-23-8-7-11-27(20-23)31(30(34)26-9-3-1-4-10-26)21-24-14-16-25(17-15-24)22-35-28-12-5-2-6-13-28/h2,5-8,11-20,26H,1,3-4,9-10,21-22H2,(H,32,33). The molecule has 180 valence electrons. The third-order valence-electron chi connectivity index (χ3n) is 6.33. The molecule has 35 heavy (non-hydrogen) atoms. The number of hydrogen-bond acceptors (Lipinski definition) is 3. The minimum absolute atomic E-state index is 0.0283. The Morgan fingerprint density at radius 3 is 2.31 bits per heavy atom. The number of para-hydroxylation sites is 1. The van der Waals surface area contributed by atoms with Crippen LogP contribution in [0.4, 0.5) is 5.69 Å². The Morgan fingerprint density at radius 2 is 1.60 bits per heavy atom. The minimum atomic E-state index is -0.998. The van der Waals surface area contributed by atoms with E-state index in [9.17, 15) is 9.59 Å². The quantitative estimate of drug-likeness (QED) is 0.364. The third kappa shape index (κ3) is 7.06. The first kappa shape index (κ1) is 24.3. The fraction of sp³-hybridized carbons (Fsp3) is 0.267. The summed E-state index contributed by atoms with van der Waals surface area (Å²) in [4.78, 5) is 26.4. The van der Waals surface area contributed by atoms with Crippen LogP contribution in [-0.2, 0) is 22.7 Å². The molecule has 3 aromatic rings. The summed E-state index contributed by atoms with van der Waals surface area (Å²) in [7, 11) is 0. The Hall–Kier alpha value is -3.86. The number of carboxylic acid groups (broad SMARTS) is 1. The smallest absolute Gasteiger partial charge is 0.328 e. The number of carbonyl (C=O) groups excluding carboxylic acids is 1. The lowest BCUT2D eigenvalue weighted by Crippen LogP contribution is -2.36. The molecular weight excluding hydrogens is 438 g/mol. The number of rotatable bonds is 9. The number of hydrogen-bond donors (Lipinski definition) is 1. The van der Waals surface area contributed by atoms with E-state index in [2.05, 4.69) is 0 Å². The summed E-state index contributed by atoms with van der Waals surface area (Å²) in [5.74, 6) is 0.000555. The largest absolute Gasteiger partial charge is 0.489 e. The second kappa shape index (κ2) is 12.0. The van der Waals surface area contributed by atoms with Gasteiger partial charge in [0.25, 0.3) is 0 Å². The Labute approximate surface area is 206 Å². The van der Waals surface area contributed by atoms with Gasteiger partial charge in [0, 0.05) is 17.7 Å². The molecule has 0 saturated heterocycles. The molecule has 3 aromatic carbocycles. The van der Waals surface area contributed by atoms with Gasteiger partial charge in [-0.1, -0.05) is 73.9 Å². The van der Waals surface area contributed by atoms with E-state index in [0.29, 0.717) is 13.2 Å². The first-order chi connectivity index (χ1) is 17.1. The van der Waals surface area contributed by atoms with E-state index in [0.717, 1.165) is 59.9 Å².